The number of anilines is 1. The van der Waals surface area contributed by atoms with Gasteiger partial charge in [-0.05, 0) is 62.1 Å². The maximum absolute atomic E-state index is 14.2. The minimum Gasteiger partial charge on any atom is -0.457 e. The molecule has 0 unspecified atom stereocenters. The van der Waals surface area contributed by atoms with E-state index in [9.17, 15) is 37.2 Å². The number of rotatable bonds is 16. The molecule has 59 heavy (non-hydrogen) atoms. The van der Waals surface area contributed by atoms with Gasteiger partial charge in [-0.1, -0.05) is 37.3 Å². The van der Waals surface area contributed by atoms with Crippen LogP contribution in [0.4, 0.5) is 10.5 Å². The summed E-state index contributed by atoms with van der Waals surface area (Å²) in [6.45, 7) is 3.74. The summed E-state index contributed by atoms with van der Waals surface area (Å²) in [6, 6.07) is 15.1. The fourth-order valence-corrected chi connectivity index (χ4v) is 8.45. The molecule has 6 rings (SSSR count). The number of primary amides is 1. The van der Waals surface area contributed by atoms with Gasteiger partial charge in [0.1, 0.15) is 26.4 Å². The first kappa shape index (κ1) is 42.4. The quantitative estimate of drug-likeness (QED) is 0.121. The smallest absolute Gasteiger partial charge is 0.457 e. The van der Waals surface area contributed by atoms with Crippen LogP contribution in [-0.4, -0.2) is 90.7 Å². The van der Waals surface area contributed by atoms with E-state index in [0.29, 0.717) is 34.6 Å². The van der Waals surface area contributed by atoms with Gasteiger partial charge in [0, 0.05) is 34.8 Å². The van der Waals surface area contributed by atoms with Crippen LogP contribution in [0.15, 0.2) is 59.4 Å². The second kappa shape index (κ2) is 17.4. The van der Waals surface area contributed by atoms with Gasteiger partial charge in [-0.25, -0.2) is 23.0 Å². The summed E-state index contributed by atoms with van der Waals surface area (Å²) in [7, 11) is -3.51. The molecule has 0 fully saturated rings. The Kier molecular flexibility index (Phi) is 12.5. The van der Waals surface area contributed by atoms with Crippen LogP contribution in [0, 0.1) is 0 Å². The third-order valence-corrected chi connectivity index (χ3v) is 11.5. The number of fused-ring (bicyclic) bond motifs is 5. The van der Waals surface area contributed by atoms with Crippen LogP contribution in [0.5, 0.6) is 0 Å². The number of pyridine rings is 2. The van der Waals surface area contributed by atoms with Crippen molar-refractivity contribution in [3.05, 3.63) is 92.8 Å². The molecule has 18 nitrogen and oxygen atoms in total. The SMILES string of the molecule is CC[C@@]1(OC(=O)OCc2ccc(NC(=O)CNC(=O)COCC(N)=O)cc2)C(=O)OCc2c1cc1n(c2=O)Cc2c-1nc1ccccc1c2CCN(C(C)C)S(C)(=O)=O. The van der Waals surface area contributed by atoms with Crippen molar-refractivity contribution < 1.29 is 51.3 Å². The minimum absolute atomic E-state index is 0.0914. The second-order valence-electron chi connectivity index (χ2n) is 14.3. The average molecular weight is 833 g/mol. The summed E-state index contributed by atoms with van der Waals surface area (Å²) in [5.74, 6) is -2.76. The lowest BCUT2D eigenvalue weighted by atomic mass is 9.85. The number of nitrogens with two attached hydrogens (primary N) is 1. The topological polar surface area (TPSA) is 245 Å². The van der Waals surface area contributed by atoms with Gasteiger partial charge in [0.25, 0.3) is 5.56 Å². The number of esters is 1. The normalized spacial score (nSPS) is 15.6. The van der Waals surface area contributed by atoms with E-state index in [2.05, 4.69) is 10.6 Å². The lowest BCUT2D eigenvalue weighted by molar-refractivity contribution is -0.175. The summed E-state index contributed by atoms with van der Waals surface area (Å²) in [5.41, 5.74) is 6.80. The number of hydrogen-bond acceptors (Lipinski definition) is 13. The maximum atomic E-state index is 14.2. The lowest BCUT2D eigenvalue weighted by Gasteiger charge is -2.35. The van der Waals surface area contributed by atoms with Crippen molar-refractivity contribution in [3.8, 4) is 11.4 Å². The number of cyclic esters (lactones) is 1. The Morgan fingerprint density at radius 3 is 2.44 bits per heavy atom. The van der Waals surface area contributed by atoms with Gasteiger partial charge in [-0.15, -0.1) is 0 Å². The highest BCUT2D eigenvalue weighted by molar-refractivity contribution is 7.88. The van der Waals surface area contributed by atoms with Crippen LogP contribution in [0.1, 0.15) is 55.0 Å². The first-order chi connectivity index (χ1) is 28.0. The van der Waals surface area contributed by atoms with Crippen molar-refractivity contribution in [1.29, 1.82) is 0 Å². The van der Waals surface area contributed by atoms with Crippen LogP contribution >= 0.6 is 0 Å². The monoisotopic (exact) mass is 832 g/mol. The molecule has 0 aliphatic carbocycles. The molecule has 0 radical (unpaired) electrons. The van der Waals surface area contributed by atoms with Gasteiger partial charge in [0.2, 0.25) is 33.3 Å². The number of sulfonamides is 1. The summed E-state index contributed by atoms with van der Waals surface area (Å²) in [5, 5.41) is 5.77. The number of benzene rings is 2. The largest absolute Gasteiger partial charge is 0.510 e. The van der Waals surface area contributed by atoms with Crippen LogP contribution in [0.3, 0.4) is 0 Å². The summed E-state index contributed by atoms with van der Waals surface area (Å²) < 4.78 is 49.6. The van der Waals surface area contributed by atoms with Crippen LogP contribution in [0.2, 0.25) is 0 Å². The Bertz CT molecular complexity index is 2500. The van der Waals surface area contributed by atoms with Gasteiger partial charge in [-0.2, -0.15) is 4.31 Å². The van der Waals surface area contributed by atoms with E-state index in [0.717, 1.165) is 16.5 Å². The molecule has 0 saturated heterocycles. The zero-order valence-corrected chi connectivity index (χ0v) is 33.7. The number of nitrogens with zero attached hydrogens (tertiary/aromatic N) is 3. The van der Waals surface area contributed by atoms with E-state index in [-0.39, 0.29) is 56.4 Å². The number of ether oxygens (including phenoxy) is 4. The average Bonchev–Trinajstić information content (AvgIpc) is 3.55. The van der Waals surface area contributed by atoms with Crippen molar-refractivity contribution in [1.82, 2.24) is 19.2 Å². The minimum atomic E-state index is -3.51. The molecule has 0 bridgehead atoms. The van der Waals surface area contributed by atoms with Gasteiger partial charge < -0.3 is 39.9 Å². The molecule has 2 aromatic carbocycles. The van der Waals surface area contributed by atoms with E-state index in [4.69, 9.17) is 29.7 Å². The molecule has 0 spiro atoms. The second-order valence-corrected chi connectivity index (χ2v) is 16.3. The van der Waals surface area contributed by atoms with Crippen LogP contribution < -0.4 is 21.9 Å². The molecule has 0 saturated carbocycles. The fourth-order valence-electron chi connectivity index (χ4n) is 7.26. The number of nitrogens with one attached hydrogen (secondary N) is 2. The van der Waals surface area contributed by atoms with Crippen molar-refractivity contribution in [3.63, 3.8) is 0 Å². The highest BCUT2D eigenvalue weighted by atomic mass is 32.2. The van der Waals surface area contributed by atoms with E-state index in [1.165, 1.54) is 10.6 Å². The Balaban J connectivity index is 1.19. The van der Waals surface area contributed by atoms with Gasteiger partial charge >= 0.3 is 12.1 Å². The Labute approximate surface area is 339 Å². The number of aromatic nitrogens is 2. The van der Waals surface area contributed by atoms with Crippen molar-refractivity contribution >= 4 is 56.5 Å². The predicted octanol–water partition coefficient (Wildman–Crippen LogP) is 2.21. The highest BCUT2D eigenvalue weighted by Gasteiger charge is 2.51. The van der Waals surface area contributed by atoms with Crippen LogP contribution in [0.25, 0.3) is 22.3 Å². The third-order valence-electron chi connectivity index (χ3n) is 10.0. The molecule has 1 atom stereocenters. The number of carbonyl (C=O) groups is 5. The number of hydrogen-bond donors (Lipinski definition) is 3. The van der Waals surface area contributed by atoms with Crippen LogP contribution in [-0.2, 0) is 79.9 Å². The fraction of sp³-hybridized carbons (Fsp3) is 0.375. The molecule has 2 aromatic heterocycles. The zero-order valence-electron chi connectivity index (χ0n) is 32.9. The van der Waals surface area contributed by atoms with Gasteiger partial charge in [-0.3, -0.25) is 19.2 Å². The molecule has 2 aliphatic rings. The van der Waals surface area contributed by atoms with E-state index in [1.54, 1.807) is 41.8 Å². The molecule has 4 heterocycles. The molecular weight excluding hydrogens is 789 g/mol. The molecule has 4 aromatic rings. The van der Waals surface area contributed by atoms with Gasteiger partial charge in [0.15, 0.2) is 0 Å². The lowest BCUT2D eigenvalue weighted by Crippen LogP contribution is -2.47. The molecule has 312 valence electrons. The van der Waals surface area contributed by atoms with E-state index < -0.39 is 64.2 Å². The van der Waals surface area contributed by atoms with Crippen molar-refractivity contribution in [2.45, 2.75) is 65.0 Å². The standard InChI is InChI=1S/C40H44N6O12S/c1-5-40(58-39(52)57-19-24-10-12-25(13-11-24)43-34(48)17-42-35(49)22-55-21-33(41)47)30-16-32-36-28(18-45(32)37(50)29(30)20-56-38(40)51)26(27-8-6-7-9-31(27)44-36)14-15-46(23(2)3)59(4,53)54/h6-13,16,23H,5,14-15,17-22H2,1-4H3,(H2,41,47)(H,42,49)(H,43,48)/t40-/m0/s1. The highest BCUT2D eigenvalue weighted by Crippen LogP contribution is 2.42. The predicted molar refractivity (Wildman–Crippen MR) is 212 cm³/mol. The number of para-hydroxylation sites is 1. The Morgan fingerprint density at radius 2 is 1.76 bits per heavy atom. The first-order valence-corrected chi connectivity index (χ1v) is 20.6. The summed E-state index contributed by atoms with van der Waals surface area (Å²) >= 11 is 0. The third kappa shape index (κ3) is 9.11. The summed E-state index contributed by atoms with van der Waals surface area (Å²) in [4.78, 5) is 80.7. The summed E-state index contributed by atoms with van der Waals surface area (Å²) in [6.07, 6.45) is 0.238. The Hall–Kier alpha value is -6.18. The van der Waals surface area contributed by atoms with E-state index in [1.807, 2.05) is 38.1 Å². The Morgan fingerprint density at radius 1 is 1.03 bits per heavy atom. The molecule has 2 aliphatic heterocycles. The number of carbonyl (C=O) groups excluding carboxylic acids is 5. The van der Waals surface area contributed by atoms with E-state index >= 15 is 0 Å². The zero-order chi connectivity index (χ0) is 42.6. The maximum Gasteiger partial charge on any atom is 0.510 e. The molecule has 4 N–H and O–H groups in total. The molecule has 3 amide bonds. The van der Waals surface area contributed by atoms with Crippen molar-refractivity contribution in [2.24, 2.45) is 5.73 Å². The van der Waals surface area contributed by atoms with Crippen molar-refractivity contribution in [2.75, 3.05) is 37.9 Å². The number of amides is 3. The van der Waals surface area contributed by atoms with Gasteiger partial charge in [0.05, 0.1) is 41.8 Å². The first-order valence-electron chi connectivity index (χ1n) is 18.7. The molecule has 19 heteroatoms. The molecular formula is C40H44N6O12S.